The molecule has 1 aliphatic heterocycles. The predicted molar refractivity (Wildman–Crippen MR) is 54.1 cm³/mol. The molecule has 2 heterocycles. The summed E-state index contributed by atoms with van der Waals surface area (Å²) in [6.45, 7) is 6.79. The number of aromatic amines is 1. The van der Waals surface area contributed by atoms with Crippen LogP contribution in [0.2, 0.25) is 0 Å². The van der Waals surface area contributed by atoms with Crippen molar-refractivity contribution in [2.45, 2.75) is 32.6 Å². The summed E-state index contributed by atoms with van der Waals surface area (Å²) in [6, 6.07) is 0. The highest BCUT2D eigenvalue weighted by molar-refractivity contribution is 5.47. The summed E-state index contributed by atoms with van der Waals surface area (Å²) in [5.74, 6) is 1.81. The first-order chi connectivity index (χ1) is 6.29. The standard InChI is InChI=1S/C10H17N3/c1-8(2)9-7-11-12-10(9)13-5-3-4-6-13/h7-8H,3-6H2,1-2H3,(H,11,12). The van der Waals surface area contributed by atoms with Gasteiger partial charge in [0.15, 0.2) is 0 Å². The molecule has 3 heteroatoms. The average molecular weight is 179 g/mol. The molecule has 2 rings (SSSR count). The molecule has 1 aromatic heterocycles. The van der Waals surface area contributed by atoms with Gasteiger partial charge >= 0.3 is 0 Å². The maximum atomic E-state index is 4.12. The van der Waals surface area contributed by atoms with Crippen LogP contribution in [-0.2, 0) is 0 Å². The fourth-order valence-electron chi connectivity index (χ4n) is 1.91. The first-order valence-electron chi connectivity index (χ1n) is 5.07. The molecular formula is C10H17N3. The smallest absolute Gasteiger partial charge is 0.127 e. The highest BCUT2D eigenvalue weighted by atomic mass is 15.3. The van der Waals surface area contributed by atoms with Gasteiger partial charge in [-0.25, -0.2) is 0 Å². The molecule has 1 aromatic rings. The first-order valence-corrected chi connectivity index (χ1v) is 5.07. The van der Waals surface area contributed by atoms with E-state index in [1.54, 1.807) is 0 Å². The molecule has 0 aromatic carbocycles. The van der Waals surface area contributed by atoms with Crippen LogP contribution in [0.3, 0.4) is 0 Å². The Bertz CT molecular complexity index is 271. The summed E-state index contributed by atoms with van der Waals surface area (Å²) in [4.78, 5) is 2.41. The highest BCUT2D eigenvalue weighted by Crippen LogP contribution is 2.27. The van der Waals surface area contributed by atoms with Crippen LogP contribution in [0, 0.1) is 0 Å². The van der Waals surface area contributed by atoms with E-state index in [-0.39, 0.29) is 0 Å². The van der Waals surface area contributed by atoms with E-state index in [1.807, 2.05) is 6.20 Å². The van der Waals surface area contributed by atoms with Gasteiger partial charge in [0.1, 0.15) is 5.82 Å². The van der Waals surface area contributed by atoms with Crippen LogP contribution in [0.5, 0.6) is 0 Å². The Morgan fingerprint density at radius 2 is 2.08 bits per heavy atom. The average Bonchev–Trinajstić information content (AvgIpc) is 2.74. The van der Waals surface area contributed by atoms with E-state index >= 15 is 0 Å². The third kappa shape index (κ3) is 1.55. The van der Waals surface area contributed by atoms with Crippen molar-refractivity contribution in [2.24, 2.45) is 0 Å². The maximum absolute atomic E-state index is 4.12. The Morgan fingerprint density at radius 3 is 2.69 bits per heavy atom. The van der Waals surface area contributed by atoms with E-state index in [0.29, 0.717) is 5.92 Å². The Labute approximate surface area is 79.1 Å². The summed E-state index contributed by atoms with van der Waals surface area (Å²) in [5.41, 5.74) is 1.35. The lowest BCUT2D eigenvalue weighted by molar-refractivity contribution is 0.843. The molecule has 72 valence electrons. The van der Waals surface area contributed by atoms with Crippen LogP contribution in [-0.4, -0.2) is 23.3 Å². The lowest BCUT2D eigenvalue weighted by Crippen LogP contribution is -2.19. The van der Waals surface area contributed by atoms with Gasteiger partial charge < -0.3 is 4.90 Å². The lowest BCUT2D eigenvalue weighted by atomic mass is 10.1. The lowest BCUT2D eigenvalue weighted by Gasteiger charge is -2.18. The van der Waals surface area contributed by atoms with Gasteiger partial charge in [-0.2, -0.15) is 5.10 Å². The van der Waals surface area contributed by atoms with Crippen LogP contribution in [0.1, 0.15) is 38.2 Å². The quantitative estimate of drug-likeness (QED) is 0.754. The molecule has 1 aliphatic rings. The van der Waals surface area contributed by atoms with E-state index in [1.165, 1.54) is 37.3 Å². The van der Waals surface area contributed by atoms with Gasteiger partial charge in [0.2, 0.25) is 0 Å². The van der Waals surface area contributed by atoms with E-state index in [4.69, 9.17) is 0 Å². The molecule has 1 N–H and O–H groups in total. The molecule has 1 fully saturated rings. The van der Waals surface area contributed by atoms with Crippen molar-refractivity contribution in [3.8, 4) is 0 Å². The Kier molecular flexibility index (Phi) is 2.25. The Hall–Kier alpha value is -0.990. The molecule has 0 bridgehead atoms. The van der Waals surface area contributed by atoms with E-state index < -0.39 is 0 Å². The number of nitrogens with zero attached hydrogens (tertiary/aromatic N) is 2. The van der Waals surface area contributed by atoms with Crippen molar-refractivity contribution >= 4 is 5.82 Å². The van der Waals surface area contributed by atoms with Crippen LogP contribution in [0.4, 0.5) is 5.82 Å². The minimum Gasteiger partial charge on any atom is -0.357 e. The van der Waals surface area contributed by atoms with Gasteiger partial charge in [-0.1, -0.05) is 13.8 Å². The van der Waals surface area contributed by atoms with Gasteiger partial charge in [0.25, 0.3) is 0 Å². The number of rotatable bonds is 2. The predicted octanol–water partition coefficient (Wildman–Crippen LogP) is 2.13. The van der Waals surface area contributed by atoms with Gasteiger partial charge in [0, 0.05) is 18.7 Å². The zero-order valence-electron chi connectivity index (χ0n) is 8.38. The molecule has 0 aliphatic carbocycles. The van der Waals surface area contributed by atoms with Crippen LogP contribution in [0.15, 0.2) is 6.20 Å². The van der Waals surface area contributed by atoms with Crippen molar-refractivity contribution in [3.05, 3.63) is 11.8 Å². The molecule has 0 saturated carbocycles. The molecule has 0 unspecified atom stereocenters. The fourth-order valence-corrected chi connectivity index (χ4v) is 1.91. The SMILES string of the molecule is CC(C)c1cn[nH]c1N1CCCC1. The summed E-state index contributed by atoms with van der Waals surface area (Å²) < 4.78 is 0. The summed E-state index contributed by atoms with van der Waals surface area (Å²) in [5, 5.41) is 7.23. The molecule has 0 amide bonds. The Morgan fingerprint density at radius 1 is 1.38 bits per heavy atom. The fraction of sp³-hybridized carbons (Fsp3) is 0.700. The first kappa shape index (κ1) is 8.60. The number of hydrogen-bond acceptors (Lipinski definition) is 2. The van der Waals surface area contributed by atoms with Crippen molar-refractivity contribution in [1.82, 2.24) is 10.2 Å². The van der Waals surface area contributed by atoms with Gasteiger partial charge in [-0.15, -0.1) is 0 Å². The van der Waals surface area contributed by atoms with Crippen LogP contribution < -0.4 is 4.90 Å². The molecule has 0 spiro atoms. The molecule has 13 heavy (non-hydrogen) atoms. The van der Waals surface area contributed by atoms with Crippen molar-refractivity contribution < 1.29 is 0 Å². The van der Waals surface area contributed by atoms with Gasteiger partial charge in [-0.3, -0.25) is 5.10 Å². The minimum absolute atomic E-state index is 0.564. The van der Waals surface area contributed by atoms with E-state index in [2.05, 4.69) is 28.9 Å². The topological polar surface area (TPSA) is 31.9 Å². The van der Waals surface area contributed by atoms with Crippen molar-refractivity contribution in [1.29, 1.82) is 0 Å². The molecule has 0 radical (unpaired) electrons. The maximum Gasteiger partial charge on any atom is 0.127 e. The summed E-state index contributed by atoms with van der Waals surface area (Å²) in [7, 11) is 0. The molecular weight excluding hydrogens is 162 g/mol. The number of anilines is 1. The monoisotopic (exact) mass is 179 g/mol. The normalized spacial score (nSPS) is 17.3. The van der Waals surface area contributed by atoms with Gasteiger partial charge in [0.05, 0.1) is 6.20 Å². The summed E-state index contributed by atoms with van der Waals surface area (Å²) >= 11 is 0. The van der Waals surface area contributed by atoms with Crippen LogP contribution >= 0.6 is 0 Å². The minimum atomic E-state index is 0.564. The number of aromatic nitrogens is 2. The second-order valence-corrected chi connectivity index (χ2v) is 4.02. The van der Waals surface area contributed by atoms with E-state index in [9.17, 15) is 0 Å². The van der Waals surface area contributed by atoms with Crippen molar-refractivity contribution in [3.63, 3.8) is 0 Å². The van der Waals surface area contributed by atoms with Gasteiger partial charge in [-0.05, 0) is 18.8 Å². The third-order valence-electron chi connectivity index (χ3n) is 2.69. The molecule has 3 nitrogen and oxygen atoms in total. The zero-order valence-corrected chi connectivity index (χ0v) is 8.38. The summed E-state index contributed by atoms with van der Waals surface area (Å²) in [6.07, 6.45) is 4.59. The second kappa shape index (κ2) is 3.40. The number of nitrogens with one attached hydrogen (secondary N) is 1. The molecule has 0 atom stereocenters. The highest BCUT2D eigenvalue weighted by Gasteiger charge is 2.18. The number of H-pyrrole nitrogens is 1. The van der Waals surface area contributed by atoms with E-state index in [0.717, 1.165) is 0 Å². The largest absolute Gasteiger partial charge is 0.357 e. The number of hydrogen-bond donors (Lipinski definition) is 1. The molecule has 1 saturated heterocycles. The van der Waals surface area contributed by atoms with Crippen LogP contribution in [0.25, 0.3) is 0 Å². The van der Waals surface area contributed by atoms with Crippen molar-refractivity contribution in [2.75, 3.05) is 18.0 Å². The Balaban J connectivity index is 2.23. The second-order valence-electron chi connectivity index (χ2n) is 4.02. The third-order valence-corrected chi connectivity index (χ3v) is 2.69. The zero-order chi connectivity index (χ0) is 9.26.